The Labute approximate surface area is 607 Å². The van der Waals surface area contributed by atoms with Crippen molar-refractivity contribution in [3.63, 3.8) is 0 Å². The molecule has 100 heavy (non-hydrogen) atoms. The van der Waals surface area contributed by atoms with Crippen LogP contribution in [0.2, 0.25) is 0 Å². The fourth-order valence-corrected chi connectivity index (χ4v) is 12.0. The van der Waals surface area contributed by atoms with Crippen LogP contribution in [-0.4, -0.2) is 96.7 Å². The standard InChI is InChI=1S/C81H142O17P2/c1-5-9-13-17-21-25-29-33-36-37-40-44-48-52-56-60-64-68-81(86)98-77(72-92-79(84)66-62-58-54-50-46-42-38-34-30-26-22-18-14-10-6-2)74-96-100(89,90)94-70-75(82)69-93-99(87,88)95-73-76(71-91-78(83)65-61-57-53-49-45-41-32-28-24-20-16-12-8-4)97-80(85)67-63-59-55-51-47-43-39-35-31-27-23-19-15-11-7-3/h21-22,25-27,31,33-36,38-40,44,52,56,75-77,82H,5-20,23-24,28-30,32,37,41-43,45-51,53-55,57-74H2,1-4H3,(H,87,88)(H,89,90)/b25-21-,26-22-,31-27-,36-33-,38-34-,39-35-,44-40-,56-52-/t75-,76-,77-/m1/s1. The number of ether oxygens (including phenoxy) is 4. The zero-order chi connectivity index (χ0) is 73.2. The SMILES string of the molecule is CCCCC/C=C\C/C=C\C/C=C\C/C=C\CCCC(=O)O[C@H](COC(=O)CCCCCCC/C=C\C/C=C\CCCCC)COP(=O)(O)OC[C@H](O)COP(=O)(O)OC[C@@H](COC(=O)CCCCCCCCCCCCCCC)OC(=O)CCCCCCC/C=C\C=C/CCCCCC. The molecule has 578 valence electrons. The van der Waals surface area contributed by atoms with E-state index in [2.05, 4.69) is 113 Å². The highest BCUT2D eigenvalue weighted by Gasteiger charge is 2.30. The molecule has 0 aliphatic carbocycles. The van der Waals surface area contributed by atoms with E-state index in [1.165, 1.54) is 122 Å². The Morgan fingerprint density at radius 2 is 0.530 bits per heavy atom. The largest absolute Gasteiger partial charge is 0.472 e. The van der Waals surface area contributed by atoms with Crippen molar-refractivity contribution in [2.75, 3.05) is 39.6 Å². The maximum absolute atomic E-state index is 13.1. The lowest BCUT2D eigenvalue weighted by molar-refractivity contribution is -0.161. The summed E-state index contributed by atoms with van der Waals surface area (Å²) in [5, 5.41) is 10.6. The van der Waals surface area contributed by atoms with E-state index in [0.717, 1.165) is 128 Å². The van der Waals surface area contributed by atoms with E-state index < -0.39 is 97.5 Å². The molecule has 17 nitrogen and oxygen atoms in total. The average molecular weight is 1450 g/mol. The molecule has 0 aliphatic heterocycles. The number of carbonyl (C=O) groups is 4. The summed E-state index contributed by atoms with van der Waals surface area (Å²) in [6.07, 6.45) is 76.8. The smallest absolute Gasteiger partial charge is 0.462 e. The van der Waals surface area contributed by atoms with Gasteiger partial charge in [0.05, 0.1) is 26.4 Å². The summed E-state index contributed by atoms with van der Waals surface area (Å²) >= 11 is 0. The highest BCUT2D eigenvalue weighted by atomic mass is 31.2. The van der Waals surface area contributed by atoms with E-state index in [1.54, 1.807) is 0 Å². The van der Waals surface area contributed by atoms with Crippen LogP contribution in [0.15, 0.2) is 97.2 Å². The minimum absolute atomic E-state index is 0.0159. The summed E-state index contributed by atoms with van der Waals surface area (Å²) in [5.41, 5.74) is 0. The molecule has 0 aliphatic rings. The van der Waals surface area contributed by atoms with Gasteiger partial charge in [0, 0.05) is 25.7 Å². The van der Waals surface area contributed by atoms with Gasteiger partial charge in [-0.3, -0.25) is 37.3 Å². The second kappa shape index (κ2) is 73.3. The van der Waals surface area contributed by atoms with Crippen LogP contribution < -0.4 is 0 Å². The first-order chi connectivity index (χ1) is 48.7. The van der Waals surface area contributed by atoms with Crippen molar-refractivity contribution >= 4 is 39.5 Å². The number of rotatable bonds is 74. The van der Waals surface area contributed by atoms with Crippen molar-refractivity contribution < 1.29 is 80.2 Å². The fraction of sp³-hybridized carbons (Fsp3) is 0.753. The molecule has 0 saturated heterocycles. The topological polar surface area (TPSA) is 237 Å². The maximum atomic E-state index is 13.1. The third kappa shape index (κ3) is 72.3. The molecule has 0 radical (unpaired) electrons. The number of phosphoric ester groups is 2. The molecule has 0 saturated carbocycles. The van der Waals surface area contributed by atoms with Crippen molar-refractivity contribution in [2.45, 2.75) is 354 Å². The van der Waals surface area contributed by atoms with E-state index in [0.29, 0.717) is 32.1 Å². The van der Waals surface area contributed by atoms with Crippen LogP contribution in [0.3, 0.4) is 0 Å². The fourth-order valence-electron chi connectivity index (χ4n) is 10.5. The van der Waals surface area contributed by atoms with Gasteiger partial charge in [0.1, 0.15) is 19.3 Å². The zero-order valence-corrected chi connectivity index (χ0v) is 64.9. The Balaban J connectivity index is 5.42. The number of allylic oxidation sites excluding steroid dienone is 16. The van der Waals surface area contributed by atoms with Crippen LogP contribution in [0.4, 0.5) is 0 Å². The molecule has 3 N–H and O–H groups in total. The maximum Gasteiger partial charge on any atom is 0.472 e. The number of aliphatic hydroxyl groups excluding tert-OH is 1. The summed E-state index contributed by atoms with van der Waals surface area (Å²) < 4.78 is 68.5. The van der Waals surface area contributed by atoms with Crippen LogP contribution in [0.1, 0.15) is 336 Å². The van der Waals surface area contributed by atoms with Crippen molar-refractivity contribution in [2.24, 2.45) is 0 Å². The second-order valence-electron chi connectivity index (χ2n) is 26.3. The minimum Gasteiger partial charge on any atom is -0.462 e. The molecule has 0 aromatic rings. The Morgan fingerprint density at radius 1 is 0.290 bits per heavy atom. The van der Waals surface area contributed by atoms with Crippen molar-refractivity contribution in [1.82, 2.24) is 0 Å². The van der Waals surface area contributed by atoms with Gasteiger partial charge < -0.3 is 33.8 Å². The van der Waals surface area contributed by atoms with E-state index in [-0.39, 0.29) is 25.7 Å². The van der Waals surface area contributed by atoms with Gasteiger partial charge in [0.2, 0.25) is 0 Å². The van der Waals surface area contributed by atoms with Gasteiger partial charge in [-0.15, -0.1) is 0 Å². The molecule has 0 aromatic carbocycles. The minimum atomic E-state index is -4.99. The zero-order valence-electron chi connectivity index (χ0n) is 63.1. The first-order valence-electron chi connectivity index (χ1n) is 39.5. The summed E-state index contributed by atoms with van der Waals surface area (Å²) in [6.45, 7) is 4.74. The molecule has 0 rings (SSSR count). The predicted molar refractivity (Wildman–Crippen MR) is 409 cm³/mol. The monoisotopic (exact) mass is 1450 g/mol. The lowest BCUT2D eigenvalue weighted by atomic mass is 10.0. The molecular weight excluding hydrogens is 1310 g/mol. The Kier molecular flexibility index (Phi) is 70.4. The van der Waals surface area contributed by atoms with Gasteiger partial charge in [0.25, 0.3) is 0 Å². The van der Waals surface area contributed by atoms with Crippen LogP contribution in [0, 0.1) is 0 Å². The molecule has 0 fully saturated rings. The number of hydrogen-bond acceptors (Lipinski definition) is 15. The summed E-state index contributed by atoms with van der Waals surface area (Å²) in [5.74, 6) is -2.26. The quantitative estimate of drug-likeness (QED) is 0.0128. The number of unbranched alkanes of at least 4 members (excludes halogenated alkanes) is 33. The average Bonchev–Trinajstić information content (AvgIpc) is 1.22. The van der Waals surface area contributed by atoms with Crippen LogP contribution in [-0.2, 0) is 65.4 Å². The van der Waals surface area contributed by atoms with E-state index in [4.69, 9.17) is 37.0 Å². The van der Waals surface area contributed by atoms with E-state index in [1.807, 2.05) is 12.2 Å². The molecule has 19 heteroatoms. The summed E-state index contributed by atoms with van der Waals surface area (Å²) in [7, 11) is -9.97. The number of carbonyl (C=O) groups excluding carboxylic acids is 4. The first kappa shape index (κ1) is 96.0. The molecule has 0 spiro atoms. The number of phosphoric acid groups is 2. The molecule has 2 unspecified atom stereocenters. The van der Waals surface area contributed by atoms with Gasteiger partial charge in [0.15, 0.2) is 12.2 Å². The van der Waals surface area contributed by atoms with Gasteiger partial charge >= 0.3 is 39.5 Å². The van der Waals surface area contributed by atoms with Gasteiger partial charge in [-0.1, -0.05) is 285 Å². The van der Waals surface area contributed by atoms with Gasteiger partial charge in [-0.05, 0) is 122 Å². The van der Waals surface area contributed by atoms with E-state index in [9.17, 15) is 43.2 Å². The lowest BCUT2D eigenvalue weighted by Gasteiger charge is -2.21. The highest BCUT2D eigenvalue weighted by molar-refractivity contribution is 7.47. The third-order valence-electron chi connectivity index (χ3n) is 16.5. The van der Waals surface area contributed by atoms with Gasteiger partial charge in [-0.2, -0.15) is 0 Å². The van der Waals surface area contributed by atoms with Crippen LogP contribution in [0.25, 0.3) is 0 Å². The second-order valence-corrected chi connectivity index (χ2v) is 29.2. The van der Waals surface area contributed by atoms with Crippen LogP contribution >= 0.6 is 15.6 Å². The molecule has 0 heterocycles. The van der Waals surface area contributed by atoms with Crippen molar-refractivity contribution in [1.29, 1.82) is 0 Å². The molecule has 0 bridgehead atoms. The lowest BCUT2D eigenvalue weighted by Crippen LogP contribution is -2.30. The Bertz CT molecular complexity index is 2270. The van der Waals surface area contributed by atoms with E-state index >= 15 is 0 Å². The number of aliphatic hydroxyl groups is 1. The molecular formula is C81H142O17P2. The summed E-state index contributed by atoms with van der Waals surface area (Å²) in [6, 6.07) is 0. The van der Waals surface area contributed by atoms with Crippen molar-refractivity contribution in [3.05, 3.63) is 97.2 Å². The molecule has 0 aromatic heterocycles. The summed E-state index contributed by atoms with van der Waals surface area (Å²) in [4.78, 5) is 72.9. The number of hydrogen-bond donors (Lipinski definition) is 3. The number of esters is 4. The predicted octanol–water partition coefficient (Wildman–Crippen LogP) is 22.8. The van der Waals surface area contributed by atoms with Gasteiger partial charge in [-0.25, -0.2) is 9.13 Å². The Morgan fingerprint density at radius 3 is 0.880 bits per heavy atom. The van der Waals surface area contributed by atoms with Crippen molar-refractivity contribution in [3.8, 4) is 0 Å². The van der Waals surface area contributed by atoms with Crippen LogP contribution in [0.5, 0.6) is 0 Å². The third-order valence-corrected chi connectivity index (χ3v) is 18.4. The highest BCUT2D eigenvalue weighted by Crippen LogP contribution is 2.45. The molecule has 5 atom stereocenters. The Hall–Kier alpha value is -4.02. The normalized spacial score (nSPS) is 14.4. The first-order valence-corrected chi connectivity index (χ1v) is 42.5. The molecule has 0 amide bonds.